The second-order valence-electron chi connectivity index (χ2n) is 8.45. The molecular weight excluding hydrogens is 435 g/mol. The fourth-order valence-corrected chi connectivity index (χ4v) is 6.04. The third kappa shape index (κ3) is 5.10. The molecule has 0 radical (unpaired) electrons. The molecule has 0 amide bonds. The van der Waals surface area contributed by atoms with Gasteiger partial charge < -0.3 is 14.4 Å². The van der Waals surface area contributed by atoms with Crippen molar-refractivity contribution in [2.75, 3.05) is 45.9 Å². The third-order valence-electron chi connectivity index (χ3n) is 6.42. The highest BCUT2D eigenvalue weighted by molar-refractivity contribution is 7.99. The van der Waals surface area contributed by atoms with E-state index in [0.717, 1.165) is 75.1 Å². The van der Waals surface area contributed by atoms with Crippen LogP contribution in [0, 0.1) is 5.82 Å². The monoisotopic (exact) mass is 462 g/mol. The van der Waals surface area contributed by atoms with E-state index in [0.29, 0.717) is 0 Å². The van der Waals surface area contributed by atoms with Gasteiger partial charge in [-0.05, 0) is 54.3 Å². The Balaban J connectivity index is 1.29. The number of nitrogens with zero attached hydrogens (tertiary/aromatic N) is 2. The highest BCUT2D eigenvalue weighted by atomic mass is 35.5. The molecule has 0 spiro atoms. The van der Waals surface area contributed by atoms with Crippen molar-refractivity contribution in [2.45, 2.75) is 41.4 Å². The van der Waals surface area contributed by atoms with Gasteiger partial charge in [0.1, 0.15) is 5.82 Å². The van der Waals surface area contributed by atoms with E-state index in [9.17, 15) is 4.39 Å². The zero-order valence-electron chi connectivity index (χ0n) is 17.6. The lowest BCUT2D eigenvalue weighted by Crippen LogP contribution is -2.48. The van der Waals surface area contributed by atoms with Gasteiger partial charge in [0.25, 0.3) is 0 Å². The molecule has 31 heavy (non-hydrogen) atoms. The zero-order valence-corrected chi connectivity index (χ0v) is 19.1. The molecule has 2 aromatic carbocycles. The van der Waals surface area contributed by atoms with Crippen molar-refractivity contribution in [2.24, 2.45) is 0 Å². The second kappa shape index (κ2) is 9.77. The fraction of sp³-hybridized carbons (Fsp3) is 0.500. The summed E-state index contributed by atoms with van der Waals surface area (Å²) in [6.07, 6.45) is 2.75. The molecule has 2 aromatic rings. The van der Waals surface area contributed by atoms with E-state index in [2.05, 4.69) is 21.9 Å². The number of benzene rings is 2. The van der Waals surface area contributed by atoms with E-state index in [1.165, 1.54) is 16.0 Å². The lowest BCUT2D eigenvalue weighted by Gasteiger charge is -2.40. The molecule has 2 saturated heterocycles. The van der Waals surface area contributed by atoms with Crippen LogP contribution in [0.2, 0.25) is 5.02 Å². The Hall–Kier alpha value is -1.15. The summed E-state index contributed by atoms with van der Waals surface area (Å²) in [4.78, 5) is 7.26. The van der Waals surface area contributed by atoms with Crippen LogP contribution in [-0.4, -0.2) is 62.0 Å². The topological polar surface area (TPSA) is 24.9 Å². The van der Waals surface area contributed by atoms with E-state index in [-0.39, 0.29) is 18.1 Å². The quantitative estimate of drug-likeness (QED) is 0.636. The van der Waals surface area contributed by atoms with Crippen LogP contribution in [0.15, 0.2) is 46.2 Å². The molecule has 0 aliphatic carbocycles. The van der Waals surface area contributed by atoms with Crippen LogP contribution in [-0.2, 0) is 15.9 Å². The third-order valence-corrected chi connectivity index (χ3v) is 7.84. The molecule has 3 heterocycles. The molecule has 3 aliphatic heterocycles. The molecule has 0 aromatic heterocycles. The van der Waals surface area contributed by atoms with Crippen LogP contribution < -0.4 is 0 Å². The maximum Gasteiger partial charge on any atom is 0.158 e. The largest absolute Gasteiger partial charge is 0.353 e. The maximum absolute atomic E-state index is 13.9. The minimum Gasteiger partial charge on any atom is -0.353 e. The van der Waals surface area contributed by atoms with Gasteiger partial charge in [0.05, 0.1) is 13.2 Å². The van der Waals surface area contributed by atoms with Crippen molar-refractivity contribution in [1.29, 1.82) is 0 Å². The van der Waals surface area contributed by atoms with E-state index in [1.54, 1.807) is 23.9 Å². The molecule has 7 heteroatoms. The minimum atomic E-state index is -0.181. The number of halogens is 2. The number of hydrogen-bond acceptors (Lipinski definition) is 5. The predicted octanol–water partition coefficient (Wildman–Crippen LogP) is 5.00. The molecule has 1 atom stereocenters. The Morgan fingerprint density at radius 2 is 1.81 bits per heavy atom. The number of rotatable bonds is 4. The van der Waals surface area contributed by atoms with Gasteiger partial charge >= 0.3 is 0 Å². The Morgan fingerprint density at radius 1 is 1.00 bits per heavy atom. The van der Waals surface area contributed by atoms with Crippen LogP contribution in [0.3, 0.4) is 0 Å². The second-order valence-corrected chi connectivity index (χ2v) is 9.97. The Bertz CT molecular complexity index is 916. The summed E-state index contributed by atoms with van der Waals surface area (Å²) in [7, 11) is 0. The predicted molar refractivity (Wildman–Crippen MR) is 121 cm³/mol. The minimum absolute atomic E-state index is 0.0448. The number of piperazine rings is 1. The molecule has 166 valence electrons. The normalized spacial score (nSPS) is 23.2. The smallest absolute Gasteiger partial charge is 0.158 e. The number of hydrogen-bond donors (Lipinski definition) is 0. The molecule has 4 nitrogen and oxygen atoms in total. The lowest BCUT2D eigenvalue weighted by molar-refractivity contribution is -0.183. The van der Waals surface area contributed by atoms with E-state index in [1.807, 2.05) is 12.1 Å². The van der Waals surface area contributed by atoms with Gasteiger partial charge in [-0.3, -0.25) is 4.90 Å². The number of fused-ring (bicyclic) bond motifs is 2. The van der Waals surface area contributed by atoms with Crippen LogP contribution in [0.4, 0.5) is 4.39 Å². The summed E-state index contributed by atoms with van der Waals surface area (Å²) >= 11 is 8.04. The van der Waals surface area contributed by atoms with Crippen molar-refractivity contribution in [3.8, 4) is 0 Å². The highest BCUT2D eigenvalue weighted by Gasteiger charge is 2.30. The molecule has 0 bridgehead atoms. The Kier molecular flexibility index (Phi) is 6.84. The summed E-state index contributed by atoms with van der Waals surface area (Å²) < 4.78 is 25.3. The highest BCUT2D eigenvalue weighted by Crippen LogP contribution is 2.44. The van der Waals surface area contributed by atoms with Crippen molar-refractivity contribution in [1.82, 2.24) is 9.80 Å². The summed E-state index contributed by atoms with van der Waals surface area (Å²) in [5.74, 6) is -0.181. The summed E-state index contributed by atoms with van der Waals surface area (Å²) in [6.45, 7) is 6.69. The Morgan fingerprint density at radius 3 is 2.61 bits per heavy atom. The van der Waals surface area contributed by atoms with Crippen molar-refractivity contribution < 1.29 is 13.9 Å². The van der Waals surface area contributed by atoms with E-state index < -0.39 is 0 Å². The summed E-state index contributed by atoms with van der Waals surface area (Å²) in [5.41, 5.74) is 2.46. The lowest BCUT2D eigenvalue weighted by atomic mass is 9.96. The standard InChI is InChI=1S/C24H28ClFN2O2S/c25-18-3-5-22-20(15-18)21(14-17-2-4-19(26)16-23(17)31-22)28-10-8-27(9-11-28)7-6-24-29-12-1-13-30-24/h2-5,15-16,21,24H,1,6-14H2. The molecule has 1 unspecified atom stereocenters. The molecule has 2 fully saturated rings. The van der Waals surface area contributed by atoms with Gasteiger partial charge in [-0.25, -0.2) is 4.39 Å². The molecule has 3 aliphatic rings. The van der Waals surface area contributed by atoms with Crippen molar-refractivity contribution in [3.63, 3.8) is 0 Å². The molecular formula is C24H28ClFN2O2S. The summed E-state index contributed by atoms with van der Waals surface area (Å²) in [6, 6.07) is 11.5. The average Bonchev–Trinajstić information content (AvgIpc) is 2.95. The molecule has 0 N–H and O–H groups in total. The summed E-state index contributed by atoms with van der Waals surface area (Å²) in [5, 5.41) is 0.757. The van der Waals surface area contributed by atoms with E-state index in [4.69, 9.17) is 21.1 Å². The van der Waals surface area contributed by atoms with Gasteiger partial charge in [0.2, 0.25) is 0 Å². The Labute approximate surface area is 192 Å². The average molecular weight is 463 g/mol. The maximum atomic E-state index is 13.9. The van der Waals surface area contributed by atoms with Gasteiger partial charge in [0.15, 0.2) is 6.29 Å². The fourth-order valence-electron chi connectivity index (χ4n) is 4.72. The van der Waals surface area contributed by atoms with Crippen LogP contribution in [0.5, 0.6) is 0 Å². The van der Waals surface area contributed by atoms with Gasteiger partial charge in [-0.1, -0.05) is 29.4 Å². The SMILES string of the molecule is Fc1ccc2c(c1)Sc1ccc(Cl)cc1C(N1CCN(CCC3OCCCO3)CC1)C2. The molecule has 5 rings (SSSR count). The van der Waals surface area contributed by atoms with Crippen LogP contribution in [0.25, 0.3) is 0 Å². The first-order chi connectivity index (χ1) is 15.2. The first-order valence-electron chi connectivity index (χ1n) is 11.1. The van der Waals surface area contributed by atoms with Gasteiger partial charge in [0, 0.05) is 60.0 Å². The van der Waals surface area contributed by atoms with Crippen molar-refractivity contribution in [3.05, 3.63) is 58.4 Å². The molecule has 0 saturated carbocycles. The first kappa shape index (κ1) is 21.7. The first-order valence-corrected chi connectivity index (χ1v) is 12.3. The number of ether oxygens (including phenoxy) is 2. The zero-order chi connectivity index (χ0) is 21.2. The van der Waals surface area contributed by atoms with Crippen molar-refractivity contribution >= 4 is 23.4 Å². The van der Waals surface area contributed by atoms with Gasteiger partial charge in [-0.15, -0.1) is 0 Å². The van der Waals surface area contributed by atoms with Crippen LogP contribution >= 0.6 is 23.4 Å². The van der Waals surface area contributed by atoms with E-state index >= 15 is 0 Å². The van der Waals surface area contributed by atoms with Crippen LogP contribution in [0.1, 0.15) is 30.0 Å². The van der Waals surface area contributed by atoms with Gasteiger partial charge in [-0.2, -0.15) is 0 Å².